The fourth-order valence-corrected chi connectivity index (χ4v) is 3.45. The smallest absolute Gasteiger partial charge is 0.409 e. The van der Waals surface area contributed by atoms with Crippen molar-refractivity contribution in [2.75, 3.05) is 25.5 Å². The van der Waals surface area contributed by atoms with E-state index in [0.717, 1.165) is 12.0 Å². The number of ether oxygens (including phenoxy) is 1. The minimum atomic E-state index is -0.924. The Balaban J connectivity index is 2.86. The number of anilines is 1. The third-order valence-corrected chi connectivity index (χ3v) is 5.64. The fraction of sp³-hybridized carbons (Fsp3) is 0.577. The first-order chi connectivity index (χ1) is 18.0. The summed E-state index contributed by atoms with van der Waals surface area (Å²) >= 11 is 0. The van der Waals surface area contributed by atoms with E-state index in [0.29, 0.717) is 18.7 Å². The molecule has 0 aliphatic heterocycles. The summed E-state index contributed by atoms with van der Waals surface area (Å²) in [6.07, 6.45) is 1.25. The Kier molecular flexibility index (Phi) is 14.3. The number of primary amides is 1. The summed E-state index contributed by atoms with van der Waals surface area (Å²) < 4.78 is 5.28. The van der Waals surface area contributed by atoms with Crippen LogP contribution in [0.25, 0.3) is 0 Å². The Hall–Kier alpha value is -3.83. The van der Waals surface area contributed by atoms with Crippen molar-refractivity contribution in [1.29, 1.82) is 0 Å². The molecule has 0 aliphatic carbocycles. The highest BCUT2D eigenvalue weighted by Gasteiger charge is 2.28. The number of amides is 6. The largest absolute Gasteiger partial charge is 0.445 e. The lowest BCUT2D eigenvalue weighted by Crippen LogP contribution is -2.54. The molecule has 2 atom stereocenters. The highest BCUT2D eigenvalue weighted by atomic mass is 16.6. The molecule has 12 heteroatoms. The van der Waals surface area contributed by atoms with Gasteiger partial charge in [-0.15, -0.1) is 0 Å². The van der Waals surface area contributed by atoms with Crippen LogP contribution in [-0.2, 0) is 25.7 Å². The van der Waals surface area contributed by atoms with Crippen LogP contribution in [0.3, 0.4) is 0 Å². The van der Waals surface area contributed by atoms with Crippen LogP contribution in [-0.4, -0.2) is 67.0 Å². The molecule has 212 valence electrons. The number of rotatable bonds is 15. The molecule has 0 aromatic heterocycles. The molecule has 0 saturated carbocycles. The highest BCUT2D eigenvalue weighted by Crippen LogP contribution is 2.13. The Morgan fingerprint density at radius 1 is 1.00 bits per heavy atom. The zero-order valence-electron chi connectivity index (χ0n) is 23.0. The zero-order chi connectivity index (χ0) is 28.7. The van der Waals surface area contributed by atoms with Crippen molar-refractivity contribution in [3.63, 3.8) is 0 Å². The van der Waals surface area contributed by atoms with Crippen molar-refractivity contribution in [1.82, 2.24) is 20.9 Å². The van der Waals surface area contributed by atoms with Crippen LogP contribution in [0, 0.1) is 5.92 Å². The van der Waals surface area contributed by atoms with Crippen LogP contribution in [0.15, 0.2) is 24.3 Å². The van der Waals surface area contributed by atoms with Crippen molar-refractivity contribution in [2.45, 2.75) is 72.1 Å². The molecule has 38 heavy (non-hydrogen) atoms. The first-order valence-electron chi connectivity index (χ1n) is 12.9. The number of nitrogens with two attached hydrogens (primary N) is 1. The normalized spacial score (nSPS) is 12.2. The van der Waals surface area contributed by atoms with Gasteiger partial charge in [-0.2, -0.15) is 0 Å². The van der Waals surface area contributed by atoms with Crippen molar-refractivity contribution in [3.05, 3.63) is 29.8 Å². The second-order valence-electron chi connectivity index (χ2n) is 9.30. The molecule has 0 aliphatic rings. The lowest BCUT2D eigenvalue weighted by atomic mass is 10.0. The summed E-state index contributed by atoms with van der Waals surface area (Å²) in [4.78, 5) is 62.3. The van der Waals surface area contributed by atoms with Gasteiger partial charge in [0.15, 0.2) is 0 Å². The van der Waals surface area contributed by atoms with Crippen molar-refractivity contribution >= 4 is 35.5 Å². The quantitative estimate of drug-likeness (QED) is 0.216. The van der Waals surface area contributed by atoms with Crippen LogP contribution < -0.4 is 27.0 Å². The van der Waals surface area contributed by atoms with Gasteiger partial charge in [-0.25, -0.2) is 9.59 Å². The first-order valence-corrected chi connectivity index (χ1v) is 12.9. The molecule has 0 spiro atoms. The highest BCUT2D eigenvalue weighted by molar-refractivity contribution is 5.98. The van der Waals surface area contributed by atoms with E-state index in [9.17, 15) is 24.0 Å². The molecular weight excluding hydrogens is 492 g/mol. The number of nitrogens with one attached hydrogen (secondary N) is 4. The lowest BCUT2D eigenvalue weighted by molar-refractivity contribution is -0.132. The van der Waals surface area contributed by atoms with Crippen LogP contribution in [0.2, 0.25) is 0 Å². The van der Waals surface area contributed by atoms with Gasteiger partial charge in [0.25, 0.3) is 0 Å². The average molecular weight is 535 g/mol. The first kappa shape index (κ1) is 32.2. The Bertz CT molecular complexity index is 937. The van der Waals surface area contributed by atoms with E-state index < -0.39 is 36.0 Å². The van der Waals surface area contributed by atoms with Crippen molar-refractivity contribution < 1.29 is 28.7 Å². The summed E-state index contributed by atoms with van der Waals surface area (Å²) in [7, 11) is 1.67. The molecule has 0 saturated heterocycles. The van der Waals surface area contributed by atoms with Gasteiger partial charge < -0.3 is 36.6 Å². The molecule has 1 rings (SSSR count). The molecule has 0 heterocycles. The van der Waals surface area contributed by atoms with Crippen molar-refractivity contribution in [3.8, 4) is 0 Å². The molecular formula is C26H42N6O6. The number of carbonyl (C=O) groups is 5. The lowest BCUT2D eigenvalue weighted by Gasteiger charge is -2.25. The SMILES string of the molecule is CCCN(C)C(=O)OCc1ccc(NC(=O)[C@H](CCCNC(N)=O)NC(=O)[C@@H](NC(=O)CC)C(C)C)cc1. The number of urea groups is 1. The number of nitrogens with zero attached hydrogens (tertiary/aromatic N) is 1. The number of hydrogen-bond donors (Lipinski definition) is 5. The summed E-state index contributed by atoms with van der Waals surface area (Å²) in [5.74, 6) is -1.40. The number of benzene rings is 1. The third kappa shape index (κ3) is 11.9. The molecule has 0 fully saturated rings. The molecule has 0 bridgehead atoms. The Morgan fingerprint density at radius 3 is 2.21 bits per heavy atom. The predicted molar refractivity (Wildman–Crippen MR) is 144 cm³/mol. The van der Waals surface area contributed by atoms with E-state index in [1.54, 1.807) is 52.1 Å². The maximum absolute atomic E-state index is 13.1. The van der Waals surface area contributed by atoms with Gasteiger partial charge in [-0.05, 0) is 42.9 Å². The average Bonchev–Trinajstić information content (AvgIpc) is 2.87. The molecule has 6 N–H and O–H groups in total. The van der Waals surface area contributed by atoms with E-state index in [-0.39, 0.29) is 37.8 Å². The summed E-state index contributed by atoms with van der Waals surface area (Å²) in [6.45, 7) is 8.18. The summed E-state index contributed by atoms with van der Waals surface area (Å²) in [5, 5.41) is 10.6. The van der Waals surface area contributed by atoms with E-state index in [2.05, 4.69) is 21.3 Å². The minimum absolute atomic E-state index is 0.0900. The fourth-order valence-electron chi connectivity index (χ4n) is 3.45. The maximum Gasteiger partial charge on any atom is 0.409 e. The van der Waals surface area contributed by atoms with E-state index in [4.69, 9.17) is 10.5 Å². The molecule has 0 radical (unpaired) electrons. The zero-order valence-corrected chi connectivity index (χ0v) is 23.0. The Morgan fingerprint density at radius 2 is 1.66 bits per heavy atom. The number of carbonyl (C=O) groups excluding carboxylic acids is 5. The van der Waals surface area contributed by atoms with Crippen LogP contribution in [0.1, 0.15) is 58.9 Å². The molecule has 1 aromatic carbocycles. The molecule has 1 aromatic rings. The standard InChI is InChI=1S/C26H42N6O6/c1-6-15-32(5)26(37)38-16-18-10-12-19(13-11-18)29-23(34)20(9-8-14-28-25(27)36)30-24(35)22(17(3)4)31-21(33)7-2/h10-13,17,20,22H,6-9,14-16H2,1-5H3,(H,29,34)(H,30,35)(H,31,33)(H3,27,28,36)/t20-,22-/m0/s1. The maximum atomic E-state index is 13.1. The van der Waals surface area contributed by atoms with Crippen molar-refractivity contribution in [2.24, 2.45) is 11.7 Å². The topological polar surface area (TPSA) is 172 Å². The Labute approximate surface area is 224 Å². The second-order valence-corrected chi connectivity index (χ2v) is 9.30. The van der Waals surface area contributed by atoms with Crippen LogP contribution >= 0.6 is 0 Å². The second kappa shape index (κ2) is 16.8. The van der Waals surface area contributed by atoms with E-state index in [1.807, 2.05) is 6.92 Å². The van der Waals surface area contributed by atoms with Gasteiger partial charge in [0.2, 0.25) is 17.7 Å². The summed E-state index contributed by atoms with van der Waals surface area (Å²) in [5.41, 5.74) is 6.33. The third-order valence-electron chi connectivity index (χ3n) is 5.64. The monoisotopic (exact) mass is 534 g/mol. The van der Waals surface area contributed by atoms with Crippen LogP contribution in [0.4, 0.5) is 15.3 Å². The van der Waals surface area contributed by atoms with Crippen LogP contribution in [0.5, 0.6) is 0 Å². The summed E-state index contributed by atoms with van der Waals surface area (Å²) in [6, 6.07) is 4.38. The van der Waals surface area contributed by atoms with Gasteiger partial charge in [0, 0.05) is 32.2 Å². The van der Waals surface area contributed by atoms with E-state index in [1.165, 1.54) is 4.90 Å². The van der Waals surface area contributed by atoms with Gasteiger partial charge in [0.05, 0.1) is 0 Å². The minimum Gasteiger partial charge on any atom is -0.445 e. The van der Waals surface area contributed by atoms with Gasteiger partial charge >= 0.3 is 12.1 Å². The van der Waals surface area contributed by atoms with Gasteiger partial charge in [0.1, 0.15) is 18.7 Å². The van der Waals surface area contributed by atoms with Gasteiger partial charge in [-0.3, -0.25) is 14.4 Å². The predicted octanol–water partition coefficient (Wildman–Crippen LogP) is 2.09. The molecule has 12 nitrogen and oxygen atoms in total. The number of hydrogen-bond acceptors (Lipinski definition) is 6. The molecule has 6 amide bonds. The van der Waals surface area contributed by atoms with E-state index >= 15 is 0 Å². The molecule has 0 unspecified atom stereocenters. The van der Waals surface area contributed by atoms with Gasteiger partial charge in [-0.1, -0.05) is 39.8 Å².